The summed E-state index contributed by atoms with van der Waals surface area (Å²) in [4.78, 5) is 40.1. The van der Waals surface area contributed by atoms with E-state index < -0.39 is 17.4 Å². The topological polar surface area (TPSA) is 127 Å². The molecule has 11 nitrogen and oxygen atoms in total. The maximum Gasteiger partial charge on any atom is 0.359 e. The van der Waals surface area contributed by atoms with Gasteiger partial charge in [-0.15, -0.1) is 11.3 Å². The number of anilines is 1. The first kappa shape index (κ1) is 29.4. The highest BCUT2D eigenvalue weighted by Gasteiger charge is 2.25. The molecule has 12 heteroatoms. The van der Waals surface area contributed by atoms with E-state index in [4.69, 9.17) is 23.7 Å². The molecule has 0 saturated carbocycles. The van der Waals surface area contributed by atoms with E-state index in [0.29, 0.717) is 48.5 Å². The number of rotatable bonds is 12. The minimum absolute atomic E-state index is 0.0562. The number of aromatic nitrogens is 2. The molecule has 41 heavy (non-hydrogen) atoms. The van der Waals surface area contributed by atoms with Gasteiger partial charge in [0.05, 0.1) is 44.6 Å². The van der Waals surface area contributed by atoms with E-state index in [0.717, 1.165) is 16.0 Å². The molecule has 1 N–H and O–H groups in total. The van der Waals surface area contributed by atoms with Gasteiger partial charge >= 0.3 is 5.97 Å². The maximum atomic E-state index is 13.8. The fourth-order valence-electron chi connectivity index (χ4n) is 4.10. The summed E-state index contributed by atoms with van der Waals surface area (Å²) in [6, 6.07) is 9.81. The number of hydrogen-bond donors (Lipinski definition) is 1. The fourth-order valence-corrected chi connectivity index (χ4v) is 5.04. The SMILES string of the molecule is CCOC(=O)c1nn(-c2cccc(OC)c2)c(=O)c2c(NC(=O)c3cc(OCC)c(OCC)c(OCC)c3)scc12. The highest BCUT2D eigenvalue weighted by Crippen LogP contribution is 2.40. The molecule has 4 rings (SSSR count). The Kier molecular flexibility index (Phi) is 9.45. The Bertz CT molecular complexity index is 1600. The number of carbonyl (C=O) groups is 2. The molecule has 0 aliphatic rings. The number of fused-ring (bicyclic) bond motifs is 1. The van der Waals surface area contributed by atoms with E-state index in [1.807, 2.05) is 20.8 Å². The Morgan fingerprint density at radius 1 is 0.951 bits per heavy atom. The lowest BCUT2D eigenvalue weighted by molar-refractivity contribution is 0.0520. The molecule has 0 atom stereocenters. The van der Waals surface area contributed by atoms with Gasteiger partial charge in [0, 0.05) is 22.4 Å². The van der Waals surface area contributed by atoms with Gasteiger partial charge in [0.2, 0.25) is 5.75 Å². The standard InChI is InChI=1S/C29H31N3O8S/c1-6-37-21-13-17(14-22(38-7-2)25(21)39-8-3)26(33)30-27-23-20(16-41-27)24(29(35)40-9-4)31-32(28(23)34)18-11-10-12-19(15-18)36-5/h10-16H,6-9H2,1-5H3,(H,30,33). The van der Waals surface area contributed by atoms with Crippen LogP contribution in [0.3, 0.4) is 0 Å². The molecule has 4 aromatic rings. The van der Waals surface area contributed by atoms with Crippen molar-refractivity contribution in [2.45, 2.75) is 27.7 Å². The summed E-state index contributed by atoms with van der Waals surface area (Å²) in [6.45, 7) is 8.35. The van der Waals surface area contributed by atoms with Crippen LogP contribution in [0.5, 0.6) is 23.0 Å². The van der Waals surface area contributed by atoms with Crippen molar-refractivity contribution in [2.24, 2.45) is 0 Å². The summed E-state index contributed by atoms with van der Waals surface area (Å²) < 4.78 is 28.8. The monoisotopic (exact) mass is 581 g/mol. The van der Waals surface area contributed by atoms with Crippen LogP contribution in [0.2, 0.25) is 0 Å². The molecule has 0 radical (unpaired) electrons. The van der Waals surface area contributed by atoms with E-state index in [2.05, 4.69) is 10.4 Å². The Morgan fingerprint density at radius 3 is 2.24 bits per heavy atom. The molecule has 2 heterocycles. The van der Waals surface area contributed by atoms with Gasteiger partial charge < -0.3 is 29.0 Å². The van der Waals surface area contributed by atoms with Gasteiger partial charge in [-0.05, 0) is 52.0 Å². The van der Waals surface area contributed by atoms with Gasteiger partial charge in [-0.3, -0.25) is 9.59 Å². The van der Waals surface area contributed by atoms with Crippen LogP contribution < -0.4 is 29.8 Å². The zero-order valence-corrected chi connectivity index (χ0v) is 24.3. The van der Waals surface area contributed by atoms with Crippen LogP contribution in [-0.4, -0.2) is 55.2 Å². The van der Waals surface area contributed by atoms with Gasteiger partial charge in [0.1, 0.15) is 10.8 Å². The third kappa shape index (κ3) is 6.12. The molecule has 1 amide bonds. The Balaban J connectivity index is 1.84. The Labute approximate surface area is 240 Å². The molecular formula is C29H31N3O8S. The average molecular weight is 582 g/mol. The van der Waals surface area contributed by atoms with Gasteiger partial charge in [-0.1, -0.05) is 6.07 Å². The van der Waals surface area contributed by atoms with Crippen LogP contribution in [0.15, 0.2) is 46.6 Å². The molecule has 0 saturated heterocycles. The number of thiophene rings is 1. The second-order valence-electron chi connectivity index (χ2n) is 8.40. The number of benzene rings is 2. The zero-order chi connectivity index (χ0) is 29.5. The molecule has 0 aliphatic heterocycles. The van der Waals surface area contributed by atoms with Crippen LogP contribution in [0.4, 0.5) is 5.00 Å². The molecular weight excluding hydrogens is 550 g/mol. The fraction of sp³-hybridized carbons (Fsp3) is 0.310. The third-order valence-corrected chi connectivity index (χ3v) is 6.71. The average Bonchev–Trinajstić information content (AvgIpc) is 3.39. The quantitative estimate of drug-likeness (QED) is 0.228. The van der Waals surface area contributed by atoms with Crippen molar-refractivity contribution in [1.29, 1.82) is 0 Å². The number of carbonyl (C=O) groups excluding carboxylic acids is 2. The number of ether oxygens (including phenoxy) is 5. The lowest BCUT2D eigenvalue weighted by Gasteiger charge is -2.17. The summed E-state index contributed by atoms with van der Waals surface area (Å²) in [6.07, 6.45) is 0. The van der Waals surface area contributed by atoms with Crippen molar-refractivity contribution >= 4 is 39.0 Å². The second-order valence-corrected chi connectivity index (χ2v) is 9.28. The maximum absolute atomic E-state index is 13.8. The Morgan fingerprint density at radius 2 is 1.63 bits per heavy atom. The van der Waals surface area contributed by atoms with Gasteiger partial charge in [-0.25, -0.2) is 4.79 Å². The zero-order valence-electron chi connectivity index (χ0n) is 23.4. The lowest BCUT2D eigenvalue weighted by Crippen LogP contribution is -2.25. The summed E-state index contributed by atoms with van der Waals surface area (Å²) >= 11 is 1.10. The van der Waals surface area contributed by atoms with Crippen molar-refractivity contribution in [1.82, 2.24) is 9.78 Å². The number of esters is 1. The van der Waals surface area contributed by atoms with Gasteiger partial charge in [0.15, 0.2) is 17.2 Å². The van der Waals surface area contributed by atoms with E-state index in [-0.39, 0.29) is 33.6 Å². The van der Waals surface area contributed by atoms with Crippen molar-refractivity contribution in [3.05, 3.63) is 63.4 Å². The molecule has 0 aliphatic carbocycles. The second kappa shape index (κ2) is 13.2. The number of nitrogens with one attached hydrogen (secondary N) is 1. The van der Waals surface area contributed by atoms with Gasteiger partial charge in [0.25, 0.3) is 11.5 Å². The third-order valence-electron chi connectivity index (χ3n) is 5.82. The normalized spacial score (nSPS) is 10.8. The predicted octanol–water partition coefficient (Wildman–Crippen LogP) is 5.08. The number of methoxy groups -OCH3 is 1. The summed E-state index contributed by atoms with van der Waals surface area (Å²) in [5.74, 6) is 0.407. The van der Waals surface area contributed by atoms with Crippen molar-refractivity contribution < 1.29 is 33.3 Å². The van der Waals surface area contributed by atoms with Crippen molar-refractivity contribution in [2.75, 3.05) is 38.9 Å². The molecule has 2 aromatic heterocycles. The molecule has 0 bridgehead atoms. The van der Waals surface area contributed by atoms with Crippen LogP contribution in [0, 0.1) is 0 Å². The summed E-state index contributed by atoms with van der Waals surface area (Å²) in [5.41, 5.74) is 0.0168. The van der Waals surface area contributed by atoms with E-state index >= 15 is 0 Å². The van der Waals surface area contributed by atoms with Gasteiger partial charge in [-0.2, -0.15) is 9.78 Å². The van der Waals surface area contributed by atoms with Crippen molar-refractivity contribution in [3.8, 4) is 28.7 Å². The first-order valence-corrected chi connectivity index (χ1v) is 14.0. The molecule has 2 aromatic carbocycles. The highest BCUT2D eigenvalue weighted by molar-refractivity contribution is 7.16. The number of amides is 1. The minimum atomic E-state index is -0.695. The minimum Gasteiger partial charge on any atom is -0.497 e. The summed E-state index contributed by atoms with van der Waals surface area (Å²) in [7, 11) is 1.50. The first-order valence-electron chi connectivity index (χ1n) is 13.1. The largest absolute Gasteiger partial charge is 0.497 e. The Hall–Kier alpha value is -4.58. The molecule has 0 unspecified atom stereocenters. The van der Waals surface area contributed by atoms with Crippen LogP contribution in [0.1, 0.15) is 48.5 Å². The van der Waals surface area contributed by atoms with Crippen molar-refractivity contribution in [3.63, 3.8) is 0 Å². The lowest BCUT2D eigenvalue weighted by atomic mass is 10.1. The van der Waals surface area contributed by atoms with Crippen LogP contribution >= 0.6 is 11.3 Å². The molecule has 0 spiro atoms. The predicted molar refractivity (Wildman–Crippen MR) is 156 cm³/mol. The first-order chi connectivity index (χ1) is 19.9. The number of hydrogen-bond acceptors (Lipinski definition) is 10. The van der Waals surface area contributed by atoms with E-state index in [1.165, 1.54) is 7.11 Å². The van der Waals surface area contributed by atoms with Crippen LogP contribution in [-0.2, 0) is 4.74 Å². The molecule has 216 valence electrons. The smallest absolute Gasteiger partial charge is 0.359 e. The highest BCUT2D eigenvalue weighted by atomic mass is 32.1. The van der Waals surface area contributed by atoms with Crippen LogP contribution in [0.25, 0.3) is 16.5 Å². The molecule has 0 fully saturated rings. The summed E-state index contributed by atoms with van der Waals surface area (Å²) in [5, 5.41) is 9.37. The van der Waals surface area contributed by atoms with E-state index in [1.54, 1.807) is 48.7 Å². The van der Waals surface area contributed by atoms with E-state index in [9.17, 15) is 14.4 Å². The number of nitrogens with zero attached hydrogens (tertiary/aromatic N) is 2.